The first-order chi connectivity index (χ1) is 7.58. The third-order valence-corrected chi connectivity index (χ3v) is 2.10. The van der Waals surface area contributed by atoms with E-state index in [1.807, 2.05) is 0 Å². The van der Waals surface area contributed by atoms with Crippen LogP contribution in [-0.2, 0) is 0 Å². The van der Waals surface area contributed by atoms with Gasteiger partial charge in [0, 0.05) is 6.04 Å². The Labute approximate surface area is 93.7 Å². The number of methoxy groups -OCH3 is 1. The Morgan fingerprint density at radius 1 is 1.56 bits per heavy atom. The van der Waals surface area contributed by atoms with Crippen molar-refractivity contribution in [2.24, 2.45) is 0 Å². The van der Waals surface area contributed by atoms with Crippen LogP contribution in [0.5, 0.6) is 11.5 Å². The lowest BCUT2D eigenvalue weighted by Gasteiger charge is -2.12. The van der Waals surface area contributed by atoms with Gasteiger partial charge in [0.05, 0.1) is 19.3 Å². The summed E-state index contributed by atoms with van der Waals surface area (Å²) in [5.41, 5.74) is 0.125. The van der Waals surface area contributed by atoms with E-state index >= 15 is 0 Å². The predicted molar refractivity (Wildman–Crippen MR) is 58.7 cm³/mol. The number of hydrogen-bond donors (Lipinski definition) is 3. The number of phenolic OH excluding ortho intramolecular Hbond substituents is 1. The largest absolute Gasteiger partial charge is 0.507 e. The molecule has 0 radical (unpaired) electrons. The second kappa shape index (κ2) is 5.37. The van der Waals surface area contributed by atoms with Crippen LogP contribution in [0.15, 0.2) is 18.2 Å². The van der Waals surface area contributed by atoms with Gasteiger partial charge in [-0.25, -0.2) is 0 Å². The van der Waals surface area contributed by atoms with Crippen molar-refractivity contribution in [2.45, 2.75) is 13.0 Å². The molecule has 5 nitrogen and oxygen atoms in total. The number of amides is 1. The van der Waals surface area contributed by atoms with Gasteiger partial charge >= 0.3 is 0 Å². The maximum Gasteiger partial charge on any atom is 0.255 e. The second-order valence-electron chi connectivity index (χ2n) is 3.44. The molecule has 3 N–H and O–H groups in total. The van der Waals surface area contributed by atoms with Crippen LogP contribution in [0.3, 0.4) is 0 Å². The first kappa shape index (κ1) is 12.3. The summed E-state index contributed by atoms with van der Waals surface area (Å²) in [5.74, 6) is -0.0824. The van der Waals surface area contributed by atoms with Crippen LogP contribution >= 0.6 is 0 Å². The highest BCUT2D eigenvalue weighted by Crippen LogP contribution is 2.22. The van der Waals surface area contributed by atoms with Gasteiger partial charge in [-0.05, 0) is 25.1 Å². The molecule has 0 aliphatic rings. The Balaban J connectivity index is 2.89. The first-order valence-electron chi connectivity index (χ1n) is 4.87. The SMILES string of the molecule is COc1ccc(O)c(C(=O)NC(C)CO)c1. The number of ether oxygens (including phenoxy) is 1. The number of carbonyl (C=O) groups is 1. The highest BCUT2D eigenvalue weighted by Gasteiger charge is 2.14. The third-order valence-electron chi connectivity index (χ3n) is 2.10. The minimum absolute atomic E-state index is 0.122. The van der Waals surface area contributed by atoms with Crippen LogP contribution in [-0.4, -0.2) is 35.9 Å². The fourth-order valence-electron chi connectivity index (χ4n) is 1.17. The Morgan fingerprint density at radius 2 is 2.25 bits per heavy atom. The molecule has 1 rings (SSSR count). The fraction of sp³-hybridized carbons (Fsp3) is 0.364. The molecule has 1 atom stereocenters. The summed E-state index contributed by atoms with van der Waals surface area (Å²) >= 11 is 0. The van der Waals surface area contributed by atoms with E-state index in [1.165, 1.54) is 19.2 Å². The van der Waals surface area contributed by atoms with Crippen molar-refractivity contribution in [3.8, 4) is 11.5 Å². The van der Waals surface area contributed by atoms with Gasteiger partial charge in [0.15, 0.2) is 0 Å². The van der Waals surface area contributed by atoms with Crippen LogP contribution < -0.4 is 10.1 Å². The highest BCUT2D eigenvalue weighted by molar-refractivity contribution is 5.97. The molecule has 0 aromatic heterocycles. The van der Waals surface area contributed by atoms with Gasteiger partial charge in [-0.2, -0.15) is 0 Å². The molecular formula is C11H15NO4. The summed E-state index contributed by atoms with van der Waals surface area (Å²) in [7, 11) is 1.48. The van der Waals surface area contributed by atoms with Gasteiger partial charge in [-0.15, -0.1) is 0 Å². The Bertz CT molecular complexity index is 378. The molecule has 0 aliphatic carbocycles. The van der Waals surface area contributed by atoms with E-state index < -0.39 is 5.91 Å². The van der Waals surface area contributed by atoms with Crippen molar-refractivity contribution in [3.05, 3.63) is 23.8 Å². The quantitative estimate of drug-likeness (QED) is 0.697. The van der Waals surface area contributed by atoms with E-state index in [4.69, 9.17) is 9.84 Å². The molecule has 0 saturated heterocycles. The Hall–Kier alpha value is -1.75. The van der Waals surface area contributed by atoms with E-state index in [1.54, 1.807) is 13.0 Å². The van der Waals surface area contributed by atoms with Crippen LogP contribution in [0.25, 0.3) is 0 Å². The van der Waals surface area contributed by atoms with E-state index in [0.717, 1.165) is 0 Å². The number of aromatic hydroxyl groups is 1. The standard InChI is InChI=1S/C11H15NO4/c1-7(6-13)12-11(15)9-5-8(16-2)3-4-10(9)14/h3-5,7,13-14H,6H2,1-2H3,(H,12,15). The number of aliphatic hydroxyl groups excluding tert-OH is 1. The lowest BCUT2D eigenvalue weighted by atomic mass is 10.1. The number of nitrogens with one attached hydrogen (secondary N) is 1. The van der Waals surface area contributed by atoms with Crippen LogP contribution in [0.1, 0.15) is 17.3 Å². The Morgan fingerprint density at radius 3 is 2.81 bits per heavy atom. The normalized spacial score (nSPS) is 11.9. The molecule has 0 heterocycles. The number of benzene rings is 1. The van der Waals surface area contributed by atoms with Crippen molar-refractivity contribution in [3.63, 3.8) is 0 Å². The molecule has 0 bridgehead atoms. The molecule has 1 unspecified atom stereocenters. The lowest BCUT2D eigenvalue weighted by Crippen LogP contribution is -2.35. The van der Waals surface area contributed by atoms with E-state index in [-0.39, 0.29) is 24.0 Å². The number of phenols is 1. The molecule has 1 aromatic rings. The molecule has 88 valence electrons. The first-order valence-corrected chi connectivity index (χ1v) is 4.87. The lowest BCUT2D eigenvalue weighted by molar-refractivity contribution is 0.0919. The average Bonchev–Trinajstić information content (AvgIpc) is 2.29. The third kappa shape index (κ3) is 2.87. The van der Waals surface area contributed by atoms with Crippen LogP contribution in [0, 0.1) is 0 Å². The molecule has 0 saturated carbocycles. The fourth-order valence-corrected chi connectivity index (χ4v) is 1.17. The van der Waals surface area contributed by atoms with Crippen LogP contribution in [0.2, 0.25) is 0 Å². The van der Waals surface area contributed by atoms with Gasteiger partial charge in [-0.3, -0.25) is 4.79 Å². The Kier molecular flexibility index (Phi) is 4.13. The van der Waals surface area contributed by atoms with Gasteiger partial charge in [0.25, 0.3) is 5.91 Å². The summed E-state index contributed by atoms with van der Waals surface area (Å²) in [6.07, 6.45) is 0. The summed E-state index contributed by atoms with van der Waals surface area (Å²) in [4.78, 5) is 11.7. The van der Waals surface area contributed by atoms with Crippen molar-refractivity contribution in [1.29, 1.82) is 0 Å². The highest BCUT2D eigenvalue weighted by atomic mass is 16.5. The van der Waals surface area contributed by atoms with Gasteiger partial charge < -0.3 is 20.3 Å². The zero-order valence-electron chi connectivity index (χ0n) is 9.23. The summed E-state index contributed by atoms with van der Waals surface area (Å²) in [6, 6.07) is 4.02. The number of carbonyl (C=O) groups excluding carboxylic acids is 1. The maximum absolute atomic E-state index is 11.7. The molecule has 1 aromatic carbocycles. The minimum atomic E-state index is -0.446. The number of rotatable bonds is 4. The molecular weight excluding hydrogens is 210 g/mol. The van der Waals surface area contributed by atoms with Gasteiger partial charge in [0.1, 0.15) is 11.5 Å². The van der Waals surface area contributed by atoms with E-state index in [2.05, 4.69) is 5.32 Å². The monoisotopic (exact) mass is 225 g/mol. The van der Waals surface area contributed by atoms with E-state index in [9.17, 15) is 9.90 Å². The molecule has 16 heavy (non-hydrogen) atoms. The molecule has 0 fully saturated rings. The zero-order chi connectivity index (χ0) is 12.1. The molecule has 0 aliphatic heterocycles. The van der Waals surface area contributed by atoms with E-state index in [0.29, 0.717) is 5.75 Å². The summed E-state index contributed by atoms with van der Waals surface area (Å²) in [5, 5.41) is 20.8. The summed E-state index contributed by atoms with van der Waals surface area (Å²) < 4.78 is 4.95. The topological polar surface area (TPSA) is 78.8 Å². The molecule has 1 amide bonds. The second-order valence-corrected chi connectivity index (χ2v) is 3.44. The van der Waals surface area contributed by atoms with Crippen molar-refractivity contribution in [2.75, 3.05) is 13.7 Å². The zero-order valence-corrected chi connectivity index (χ0v) is 9.23. The molecule has 0 spiro atoms. The van der Waals surface area contributed by atoms with Crippen molar-refractivity contribution < 1.29 is 19.7 Å². The predicted octanol–water partition coefficient (Wildman–Crippen LogP) is 0.511. The van der Waals surface area contributed by atoms with Crippen LogP contribution in [0.4, 0.5) is 0 Å². The van der Waals surface area contributed by atoms with Crippen molar-refractivity contribution >= 4 is 5.91 Å². The summed E-state index contributed by atoms with van der Waals surface area (Å²) in [6.45, 7) is 1.51. The average molecular weight is 225 g/mol. The van der Waals surface area contributed by atoms with Crippen molar-refractivity contribution in [1.82, 2.24) is 5.32 Å². The minimum Gasteiger partial charge on any atom is -0.507 e. The van der Waals surface area contributed by atoms with Gasteiger partial charge in [-0.1, -0.05) is 0 Å². The van der Waals surface area contributed by atoms with Gasteiger partial charge in [0.2, 0.25) is 0 Å². The smallest absolute Gasteiger partial charge is 0.255 e. The maximum atomic E-state index is 11.7. The number of hydrogen-bond acceptors (Lipinski definition) is 4. The number of aliphatic hydroxyl groups is 1. The molecule has 5 heteroatoms.